The van der Waals surface area contributed by atoms with Gasteiger partial charge in [-0.05, 0) is 42.3 Å². The minimum Gasteiger partial charge on any atom is -0.397 e. The molecule has 0 fully saturated rings. The van der Waals surface area contributed by atoms with Gasteiger partial charge >= 0.3 is 0 Å². The third-order valence-corrected chi connectivity index (χ3v) is 3.07. The summed E-state index contributed by atoms with van der Waals surface area (Å²) in [5.74, 6) is 0. The lowest BCUT2D eigenvalue weighted by atomic mass is 10.2. The van der Waals surface area contributed by atoms with E-state index in [-0.39, 0.29) is 0 Å². The van der Waals surface area contributed by atoms with Crippen molar-refractivity contribution in [2.75, 3.05) is 11.1 Å². The highest BCUT2D eigenvalue weighted by molar-refractivity contribution is 9.10. The Balaban J connectivity index is 2.07. The number of hydrogen-bond donors (Lipinski definition) is 2. The topological polar surface area (TPSA) is 38.0 Å². The lowest BCUT2D eigenvalue weighted by Crippen LogP contribution is -2.02. The van der Waals surface area contributed by atoms with Crippen molar-refractivity contribution in [3.8, 4) is 0 Å². The molecule has 0 amide bonds. The summed E-state index contributed by atoms with van der Waals surface area (Å²) in [5.41, 5.74) is 10.1. The van der Waals surface area contributed by atoms with Gasteiger partial charge in [0, 0.05) is 11.0 Å². The third kappa shape index (κ3) is 3.24. The number of anilines is 2. The van der Waals surface area contributed by atoms with Crippen LogP contribution < -0.4 is 11.1 Å². The van der Waals surface area contributed by atoms with Crippen molar-refractivity contribution in [1.29, 1.82) is 0 Å². The standard InChI is InChI=1S/C14H15BrN2/c1-10-5-6-14(13(16)7-10)17-9-11-3-2-4-12(15)8-11/h2-8,17H,9,16H2,1H3. The zero-order chi connectivity index (χ0) is 12.3. The molecule has 2 rings (SSSR count). The first-order chi connectivity index (χ1) is 8.15. The van der Waals surface area contributed by atoms with Gasteiger partial charge in [-0.25, -0.2) is 0 Å². The van der Waals surface area contributed by atoms with Crippen molar-refractivity contribution < 1.29 is 0 Å². The number of rotatable bonds is 3. The molecule has 0 bridgehead atoms. The summed E-state index contributed by atoms with van der Waals surface area (Å²) in [6, 6.07) is 14.3. The molecule has 0 spiro atoms. The van der Waals surface area contributed by atoms with Crippen LogP contribution in [0, 0.1) is 6.92 Å². The van der Waals surface area contributed by atoms with Crippen LogP contribution in [0.1, 0.15) is 11.1 Å². The Hall–Kier alpha value is -1.48. The van der Waals surface area contributed by atoms with Crippen molar-refractivity contribution in [2.45, 2.75) is 13.5 Å². The first-order valence-corrected chi connectivity index (χ1v) is 6.29. The molecule has 0 radical (unpaired) electrons. The molecule has 0 atom stereocenters. The van der Waals surface area contributed by atoms with Crippen LogP contribution in [0.5, 0.6) is 0 Å². The number of nitrogens with two attached hydrogens (primary N) is 1. The van der Waals surface area contributed by atoms with Crippen LogP contribution in [0.3, 0.4) is 0 Å². The number of nitrogen functional groups attached to an aromatic ring is 1. The predicted molar refractivity (Wildman–Crippen MR) is 77.1 cm³/mol. The van der Waals surface area contributed by atoms with Gasteiger partial charge < -0.3 is 11.1 Å². The van der Waals surface area contributed by atoms with Crippen LogP contribution >= 0.6 is 15.9 Å². The van der Waals surface area contributed by atoms with Gasteiger partial charge in [0.05, 0.1) is 11.4 Å². The fraction of sp³-hybridized carbons (Fsp3) is 0.143. The molecule has 17 heavy (non-hydrogen) atoms. The van der Waals surface area contributed by atoms with Gasteiger partial charge in [0.1, 0.15) is 0 Å². The molecule has 0 saturated heterocycles. The van der Waals surface area contributed by atoms with Crippen molar-refractivity contribution in [2.24, 2.45) is 0 Å². The van der Waals surface area contributed by atoms with Crippen molar-refractivity contribution in [1.82, 2.24) is 0 Å². The van der Waals surface area contributed by atoms with E-state index in [0.717, 1.165) is 22.4 Å². The van der Waals surface area contributed by atoms with E-state index < -0.39 is 0 Å². The molecule has 2 aromatic carbocycles. The SMILES string of the molecule is Cc1ccc(NCc2cccc(Br)c2)c(N)c1. The Morgan fingerprint density at radius 1 is 1.18 bits per heavy atom. The molecule has 2 aromatic rings. The second kappa shape index (κ2) is 5.23. The smallest absolute Gasteiger partial charge is 0.0576 e. The Morgan fingerprint density at radius 3 is 2.71 bits per heavy atom. The summed E-state index contributed by atoms with van der Waals surface area (Å²) in [6.07, 6.45) is 0. The van der Waals surface area contributed by atoms with Crippen LogP contribution in [0.4, 0.5) is 11.4 Å². The highest BCUT2D eigenvalue weighted by Gasteiger charge is 1.99. The Morgan fingerprint density at radius 2 is 2.00 bits per heavy atom. The molecule has 0 saturated carbocycles. The van der Waals surface area contributed by atoms with Crippen LogP contribution in [0.25, 0.3) is 0 Å². The molecule has 0 aliphatic rings. The quantitative estimate of drug-likeness (QED) is 0.840. The maximum Gasteiger partial charge on any atom is 0.0576 e. The summed E-state index contributed by atoms with van der Waals surface area (Å²) < 4.78 is 1.09. The largest absolute Gasteiger partial charge is 0.397 e. The second-order valence-corrected chi connectivity index (χ2v) is 4.99. The summed E-state index contributed by atoms with van der Waals surface area (Å²) >= 11 is 3.46. The van der Waals surface area contributed by atoms with E-state index in [1.165, 1.54) is 11.1 Å². The first kappa shape index (κ1) is 12.0. The maximum absolute atomic E-state index is 5.94. The summed E-state index contributed by atoms with van der Waals surface area (Å²) in [5, 5.41) is 3.34. The third-order valence-electron chi connectivity index (χ3n) is 2.58. The van der Waals surface area contributed by atoms with E-state index in [1.54, 1.807) is 0 Å². The van der Waals surface area contributed by atoms with Gasteiger partial charge in [-0.3, -0.25) is 0 Å². The Labute approximate surface area is 110 Å². The molecule has 0 aromatic heterocycles. The first-order valence-electron chi connectivity index (χ1n) is 5.49. The van der Waals surface area contributed by atoms with E-state index in [4.69, 9.17) is 5.73 Å². The molecule has 0 unspecified atom stereocenters. The second-order valence-electron chi connectivity index (χ2n) is 4.07. The monoisotopic (exact) mass is 290 g/mol. The number of aryl methyl sites for hydroxylation is 1. The normalized spacial score (nSPS) is 10.2. The van der Waals surface area contributed by atoms with E-state index in [2.05, 4.69) is 39.4 Å². The van der Waals surface area contributed by atoms with Crippen molar-refractivity contribution in [3.63, 3.8) is 0 Å². The molecular weight excluding hydrogens is 276 g/mol. The van der Waals surface area contributed by atoms with Gasteiger partial charge in [0.2, 0.25) is 0 Å². The zero-order valence-electron chi connectivity index (χ0n) is 9.70. The lowest BCUT2D eigenvalue weighted by molar-refractivity contribution is 1.15. The molecule has 88 valence electrons. The Kier molecular flexibility index (Phi) is 3.69. The number of halogens is 1. The van der Waals surface area contributed by atoms with Crippen LogP contribution in [0.15, 0.2) is 46.9 Å². The average molecular weight is 291 g/mol. The lowest BCUT2D eigenvalue weighted by Gasteiger charge is -2.10. The summed E-state index contributed by atoms with van der Waals surface area (Å²) in [6.45, 7) is 2.81. The van der Waals surface area contributed by atoms with E-state index in [9.17, 15) is 0 Å². The molecular formula is C14H15BrN2. The van der Waals surface area contributed by atoms with Gasteiger partial charge in [0.15, 0.2) is 0 Å². The molecule has 2 nitrogen and oxygen atoms in total. The zero-order valence-corrected chi connectivity index (χ0v) is 11.3. The predicted octanol–water partition coefficient (Wildman–Crippen LogP) is 3.95. The minimum absolute atomic E-state index is 0.771. The fourth-order valence-corrected chi connectivity index (χ4v) is 2.13. The van der Waals surface area contributed by atoms with Crippen LogP contribution in [0.2, 0.25) is 0 Å². The molecule has 0 aliphatic heterocycles. The van der Waals surface area contributed by atoms with E-state index in [0.29, 0.717) is 0 Å². The van der Waals surface area contributed by atoms with E-state index in [1.807, 2.05) is 31.2 Å². The Bertz CT molecular complexity index is 523. The highest BCUT2D eigenvalue weighted by atomic mass is 79.9. The molecule has 0 aliphatic carbocycles. The summed E-state index contributed by atoms with van der Waals surface area (Å²) in [4.78, 5) is 0. The molecule has 0 heterocycles. The van der Waals surface area contributed by atoms with E-state index >= 15 is 0 Å². The minimum atomic E-state index is 0.771. The number of hydrogen-bond acceptors (Lipinski definition) is 2. The van der Waals surface area contributed by atoms with Crippen molar-refractivity contribution in [3.05, 3.63) is 58.1 Å². The summed E-state index contributed by atoms with van der Waals surface area (Å²) in [7, 11) is 0. The van der Waals surface area contributed by atoms with Gasteiger partial charge in [-0.2, -0.15) is 0 Å². The van der Waals surface area contributed by atoms with Crippen LogP contribution in [-0.2, 0) is 6.54 Å². The van der Waals surface area contributed by atoms with Gasteiger partial charge in [-0.15, -0.1) is 0 Å². The number of benzene rings is 2. The molecule has 3 N–H and O–H groups in total. The maximum atomic E-state index is 5.94. The average Bonchev–Trinajstić information content (AvgIpc) is 2.28. The molecule has 3 heteroatoms. The van der Waals surface area contributed by atoms with Crippen LogP contribution in [-0.4, -0.2) is 0 Å². The number of nitrogens with one attached hydrogen (secondary N) is 1. The van der Waals surface area contributed by atoms with Gasteiger partial charge in [-0.1, -0.05) is 34.1 Å². The van der Waals surface area contributed by atoms with Crippen molar-refractivity contribution >= 4 is 27.3 Å². The van der Waals surface area contributed by atoms with Gasteiger partial charge in [0.25, 0.3) is 0 Å². The fourth-order valence-electron chi connectivity index (χ4n) is 1.69. The highest BCUT2D eigenvalue weighted by Crippen LogP contribution is 2.20.